The van der Waals surface area contributed by atoms with Gasteiger partial charge in [0.15, 0.2) is 0 Å². The second-order valence-corrected chi connectivity index (χ2v) is 16.8. The Morgan fingerprint density at radius 1 is 0.688 bits per heavy atom. The molecule has 2 nitrogen and oxygen atoms in total. The maximum atomic E-state index is 6.87. The molecule has 171 valence electrons. The van der Waals surface area contributed by atoms with Crippen molar-refractivity contribution in [2.75, 3.05) is 0 Å². The van der Waals surface area contributed by atoms with Gasteiger partial charge in [0, 0.05) is 0 Å². The van der Waals surface area contributed by atoms with Crippen LogP contribution in [-0.4, -0.2) is 17.1 Å². The zero-order chi connectivity index (χ0) is 23.7. The number of hydrogen-bond acceptors (Lipinski definition) is 0. The van der Waals surface area contributed by atoms with Crippen molar-refractivity contribution in [2.24, 2.45) is 0 Å². The summed E-state index contributed by atoms with van der Waals surface area (Å²) in [7, 11) is 13.7. The molecule has 0 atom stereocenters. The van der Waals surface area contributed by atoms with Gasteiger partial charge in [-0.1, -0.05) is 0 Å². The molecule has 1 heterocycles. The molecule has 0 saturated heterocycles. The fraction of sp³-hybridized carbons (Fsp3) is 0.444. The van der Waals surface area contributed by atoms with Crippen molar-refractivity contribution in [1.82, 2.24) is 4.57 Å². The van der Waals surface area contributed by atoms with Crippen LogP contribution in [-0.2, 0) is 0 Å². The van der Waals surface area contributed by atoms with Crippen LogP contribution in [0, 0.1) is 0 Å². The van der Waals surface area contributed by atoms with E-state index in [0.29, 0.717) is 23.7 Å². The fourth-order valence-corrected chi connectivity index (χ4v) is 7.95. The summed E-state index contributed by atoms with van der Waals surface area (Å²) in [5.41, 5.74) is 7.79. The first-order valence-corrected chi connectivity index (χ1v) is 18.2. The van der Waals surface area contributed by atoms with E-state index in [0.717, 1.165) is 4.66 Å². The molecule has 0 bridgehead atoms. The molecule has 0 N–H and O–H groups in total. The molecule has 0 aliphatic heterocycles. The van der Waals surface area contributed by atoms with E-state index < -0.39 is 12.5 Å². The van der Waals surface area contributed by atoms with E-state index in [9.17, 15) is 0 Å². The summed E-state index contributed by atoms with van der Waals surface area (Å²) in [5.74, 6) is 1.60. The minimum atomic E-state index is -2.55. The Labute approximate surface area is 207 Å². The van der Waals surface area contributed by atoms with Gasteiger partial charge in [0.05, 0.1) is 0 Å². The van der Waals surface area contributed by atoms with Crippen molar-refractivity contribution in [2.45, 2.75) is 79.1 Å². The van der Waals surface area contributed by atoms with Crippen LogP contribution in [0.5, 0.6) is 0 Å². The number of halogens is 2. The van der Waals surface area contributed by atoms with Crippen molar-refractivity contribution in [3.05, 3.63) is 71.0 Å². The monoisotopic (exact) mass is 532 g/mol. The van der Waals surface area contributed by atoms with Crippen LogP contribution in [0.2, 0.25) is 0 Å². The van der Waals surface area contributed by atoms with Gasteiger partial charge in [-0.25, -0.2) is 0 Å². The van der Waals surface area contributed by atoms with Crippen molar-refractivity contribution in [3.8, 4) is 11.4 Å². The Morgan fingerprint density at radius 3 is 1.47 bits per heavy atom. The molecule has 3 aromatic rings. The van der Waals surface area contributed by atoms with Gasteiger partial charge in [0.2, 0.25) is 0 Å². The molecule has 3 rings (SSSR count). The van der Waals surface area contributed by atoms with Crippen molar-refractivity contribution in [3.63, 3.8) is 0 Å². The zero-order valence-electron chi connectivity index (χ0n) is 20.6. The molecule has 5 heteroatoms. The second-order valence-electron chi connectivity index (χ2n) is 9.81. The third-order valence-electron chi connectivity index (χ3n) is 6.16. The number of para-hydroxylation sites is 2. The molecule has 0 fully saturated rings. The van der Waals surface area contributed by atoms with E-state index in [4.69, 9.17) is 20.0 Å². The Balaban J connectivity index is 2.42. The van der Waals surface area contributed by atoms with Crippen molar-refractivity contribution in [1.29, 1.82) is 0 Å². The molecule has 0 spiro atoms. The molecular weight excluding hydrogens is 496 g/mol. The van der Waals surface area contributed by atoms with E-state index in [-0.39, 0.29) is 0 Å². The van der Waals surface area contributed by atoms with Gasteiger partial charge in [-0.2, -0.15) is 0 Å². The number of imidazole rings is 1. The summed E-state index contributed by atoms with van der Waals surface area (Å²) in [6.45, 7) is 18.0. The molecule has 0 aliphatic rings. The molecule has 32 heavy (non-hydrogen) atoms. The van der Waals surface area contributed by atoms with Crippen LogP contribution in [0.3, 0.4) is 0 Å². The summed E-state index contributed by atoms with van der Waals surface area (Å²) in [6, 6.07) is 13.3. The summed E-state index contributed by atoms with van der Waals surface area (Å²) in [5, 5.41) is 0. The van der Waals surface area contributed by atoms with Crippen LogP contribution < -0.4 is 9.22 Å². The first-order chi connectivity index (χ1) is 15.1. The number of nitrogens with zero attached hydrogens (tertiary/aromatic N) is 2. The first kappa shape index (κ1) is 25.4. The topological polar surface area (TPSA) is 8.81 Å². The van der Waals surface area contributed by atoms with Gasteiger partial charge in [-0.15, -0.1) is 0 Å². The maximum absolute atomic E-state index is 6.87. The molecule has 0 unspecified atom stereocenters. The van der Waals surface area contributed by atoms with Gasteiger partial charge in [-0.3, -0.25) is 0 Å². The van der Waals surface area contributed by atoms with E-state index in [1.165, 1.54) is 33.6 Å². The van der Waals surface area contributed by atoms with Gasteiger partial charge in [0.1, 0.15) is 0 Å². The predicted octanol–water partition coefficient (Wildman–Crippen LogP) is 7.42. The van der Waals surface area contributed by atoms with Crippen molar-refractivity contribution < 1.29 is 4.57 Å². The van der Waals surface area contributed by atoms with Gasteiger partial charge in [-0.05, 0) is 0 Å². The van der Waals surface area contributed by atoms with Crippen LogP contribution in [0.4, 0.5) is 0 Å². The molecule has 2 aromatic carbocycles. The molecule has 1 radical (unpaired) electrons. The molecule has 0 saturated carbocycles. The number of hydrogen-bond donors (Lipinski definition) is 0. The van der Waals surface area contributed by atoms with E-state index in [1.54, 1.807) is 0 Å². The van der Waals surface area contributed by atoms with Gasteiger partial charge < -0.3 is 0 Å². The molecule has 1 aromatic heterocycles. The summed E-state index contributed by atoms with van der Waals surface area (Å²) < 4.78 is 5.63. The second kappa shape index (κ2) is 10.4. The summed E-state index contributed by atoms with van der Waals surface area (Å²) in [6.07, 6.45) is 4.34. The van der Waals surface area contributed by atoms with E-state index >= 15 is 0 Å². The van der Waals surface area contributed by atoms with Crippen LogP contribution in [0.25, 0.3) is 11.4 Å². The summed E-state index contributed by atoms with van der Waals surface area (Å²) >= 11 is -2.55. The predicted molar refractivity (Wildman–Crippen MR) is 141 cm³/mol. The third-order valence-corrected chi connectivity index (χ3v) is 9.63. The van der Waals surface area contributed by atoms with E-state index in [1.807, 2.05) is 0 Å². The Bertz CT molecular complexity index is 948. The molecular formula is C27H36Cl2GeN2+. The number of rotatable bonds is 7. The Kier molecular flexibility index (Phi) is 8.22. The van der Waals surface area contributed by atoms with Gasteiger partial charge >= 0.3 is 208 Å². The zero-order valence-corrected chi connectivity index (χ0v) is 24.2. The molecule has 0 aliphatic carbocycles. The van der Waals surface area contributed by atoms with Gasteiger partial charge in [0.25, 0.3) is 0 Å². The first-order valence-electron chi connectivity index (χ1n) is 11.6. The number of benzene rings is 2. The summed E-state index contributed by atoms with van der Waals surface area (Å²) in [4.78, 5) is 0. The number of aromatic nitrogens is 2. The standard InChI is InChI=1S/C27H36Cl2GeN2/c1-17(2)21-11-9-12-22(18(3)4)25(21)31-15-16-32(27(31)30(28)29)26-23(19(5)6)13-10-14-24(26)20(7)8/h9-20H,1-8H3/q+1. The van der Waals surface area contributed by atoms with Crippen LogP contribution >= 0.6 is 20.0 Å². The Morgan fingerprint density at radius 2 is 1.09 bits per heavy atom. The van der Waals surface area contributed by atoms with Crippen LogP contribution in [0.1, 0.15) is 101 Å². The molecule has 0 amide bonds. The Hall–Kier alpha value is -1.23. The normalized spacial score (nSPS) is 12.2. The van der Waals surface area contributed by atoms with E-state index in [2.05, 4.69) is 113 Å². The SMILES string of the molecule is CC(C)c1cccc(C(C)C)c1-n1cc[n+](-c2c(C(C)C)cccc2C(C)C)[c]1[Ge]([Cl])[Cl]. The minimum absolute atomic E-state index is 0.399. The van der Waals surface area contributed by atoms with Crippen molar-refractivity contribution >= 4 is 37.2 Å². The van der Waals surface area contributed by atoms with Crippen LogP contribution in [0.15, 0.2) is 48.8 Å². The fourth-order valence-electron chi connectivity index (χ4n) is 4.51. The average molecular weight is 532 g/mol. The average Bonchev–Trinajstić information content (AvgIpc) is 3.17. The quantitative estimate of drug-likeness (QED) is 0.221. The third kappa shape index (κ3) is 4.83.